The SMILES string of the molecule is Cn1ncc(N2CCN(C(=O)c3c(Cl)cccc3Cl)CC2)c(Br)c1=O. The summed E-state index contributed by atoms with van der Waals surface area (Å²) in [6, 6.07) is 5.01. The van der Waals surface area contributed by atoms with E-state index in [2.05, 4.69) is 21.0 Å². The van der Waals surface area contributed by atoms with Gasteiger partial charge in [-0.05, 0) is 28.1 Å². The highest BCUT2D eigenvalue weighted by atomic mass is 79.9. The highest BCUT2D eigenvalue weighted by Gasteiger charge is 2.26. The summed E-state index contributed by atoms with van der Waals surface area (Å²) in [6.45, 7) is 2.17. The summed E-state index contributed by atoms with van der Waals surface area (Å²) in [6.07, 6.45) is 1.65. The van der Waals surface area contributed by atoms with E-state index in [9.17, 15) is 9.59 Å². The van der Waals surface area contributed by atoms with Crippen molar-refractivity contribution in [2.24, 2.45) is 7.05 Å². The van der Waals surface area contributed by atoms with Crippen LogP contribution in [0.25, 0.3) is 0 Å². The fraction of sp³-hybridized carbons (Fsp3) is 0.312. The van der Waals surface area contributed by atoms with E-state index >= 15 is 0 Å². The molecule has 0 aliphatic carbocycles. The predicted molar refractivity (Wildman–Crippen MR) is 102 cm³/mol. The number of anilines is 1. The number of amides is 1. The van der Waals surface area contributed by atoms with Crippen molar-refractivity contribution < 1.29 is 4.79 Å². The van der Waals surface area contributed by atoms with Gasteiger partial charge in [0.05, 0.1) is 27.5 Å². The molecular weight excluding hydrogens is 431 g/mol. The second-order valence-electron chi connectivity index (χ2n) is 5.65. The van der Waals surface area contributed by atoms with Crippen molar-refractivity contribution in [1.29, 1.82) is 0 Å². The van der Waals surface area contributed by atoms with Crippen LogP contribution in [-0.2, 0) is 7.05 Å². The minimum absolute atomic E-state index is 0.184. The molecule has 1 amide bonds. The Morgan fingerprint density at radius 1 is 1.16 bits per heavy atom. The Kier molecular flexibility index (Phi) is 5.36. The predicted octanol–water partition coefficient (Wildman–Crippen LogP) is 2.81. The maximum atomic E-state index is 12.7. The zero-order chi connectivity index (χ0) is 18.1. The third kappa shape index (κ3) is 3.54. The van der Waals surface area contributed by atoms with Crippen LogP contribution in [0.4, 0.5) is 5.69 Å². The normalized spacial score (nSPS) is 14.7. The molecule has 0 saturated carbocycles. The number of carbonyl (C=O) groups excluding carboxylic acids is 1. The number of aromatic nitrogens is 2. The first-order chi connectivity index (χ1) is 11.9. The van der Waals surface area contributed by atoms with Gasteiger partial charge in [-0.15, -0.1) is 0 Å². The Morgan fingerprint density at radius 3 is 2.36 bits per heavy atom. The third-order valence-corrected chi connectivity index (χ3v) is 5.52. The quantitative estimate of drug-likeness (QED) is 0.713. The number of carbonyl (C=O) groups is 1. The zero-order valence-electron chi connectivity index (χ0n) is 13.4. The van der Waals surface area contributed by atoms with Gasteiger partial charge in [0.1, 0.15) is 4.47 Å². The van der Waals surface area contributed by atoms with Crippen molar-refractivity contribution in [2.75, 3.05) is 31.1 Å². The molecule has 0 unspecified atom stereocenters. The van der Waals surface area contributed by atoms with Gasteiger partial charge in [-0.3, -0.25) is 9.59 Å². The first kappa shape index (κ1) is 18.2. The van der Waals surface area contributed by atoms with Crippen molar-refractivity contribution in [2.45, 2.75) is 0 Å². The van der Waals surface area contributed by atoms with Crippen molar-refractivity contribution in [3.05, 3.63) is 54.8 Å². The third-order valence-electron chi connectivity index (χ3n) is 4.14. The summed E-state index contributed by atoms with van der Waals surface area (Å²) in [4.78, 5) is 28.4. The van der Waals surface area contributed by atoms with E-state index in [1.165, 1.54) is 4.68 Å². The molecule has 0 bridgehead atoms. The van der Waals surface area contributed by atoms with Gasteiger partial charge < -0.3 is 9.80 Å². The molecule has 1 fully saturated rings. The summed E-state index contributed by atoms with van der Waals surface area (Å²) in [5, 5.41) is 4.75. The van der Waals surface area contributed by atoms with Gasteiger partial charge in [0, 0.05) is 33.2 Å². The van der Waals surface area contributed by atoms with E-state index in [0.717, 1.165) is 5.69 Å². The molecule has 2 aromatic rings. The minimum atomic E-state index is -0.196. The monoisotopic (exact) mass is 444 g/mol. The molecular formula is C16H15BrCl2N4O2. The standard InChI is InChI=1S/C16H15BrCl2N4O2/c1-21-16(25)14(17)12(9-20-21)22-5-7-23(8-6-22)15(24)13-10(18)3-2-4-11(13)19/h2-4,9H,5-8H2,1H3. The molecule has 1 aliphatic heterocycles. The Hall–Kier alpha value is -1.57. The second-order valence-corrected chi connectivity index (χ2v) is 7.26. The molecule has 1 aromatic carbocycles. The molecule has 1 aromatic heterocycles. The molecule has 0 N–H and O–H groups in total. The first-order valence-electron chi connectivity index (χ1n) is 7.60. The molecule has 1 aliphatic rings. The van der Waals surface area contributed by atoms with E-state index in [0.29, 0.717) is 46.3 Å². The summed E-state index contributed by atoms with van der Waals surface area (Å²) in [5.74, 6) is -0.184. The highest BCUT2D eigenvalue weighted by molar-refractivity contribution is 9.10. The Bertz CT molecular complexity index is 859. The van der Waals surface area contributed by atoms with Crippen LogP contribution >= 0.6 is 39.1 Å². The van der Waals surface area contributed by atoms with Gasteiger partial charge in [0.15, 0.2) is 0 Å². The van der Waals surface area contributed by atoms with E-state index in [1.807, 2.05) is 4.90 Å². The Morgan fingerprint density at radius 2 is 1.76 bits per heavy atom. The maximum Gasteiger partial charge on any atom is 0.282 e. The molecule has 3 rings (SSSR count). The van der Waals surface area contributed by atoms with Gasteiger partial charge >= 0.3 is 0 Å². The number of rotatable bonds is 2. The fourth-order valence-electron chi connectivity index (χ4n) is 2.73. The van der Waals surface area contributed by atoms with Crippen molar-refractivity contribution in [3.8, 4) is 0 Å². The van der Waals surface area contributed by atoms with Gasteiger partial charge in [0.2, 0.25) is 0 Å². The first-order valence-corrected chi connectivity index (χ1v) is 9.15. The smallest absolute Gasteiger partial charge is 0.282 e. The van der Waals surface area contributed by atoms with Gasteiger partial charge in [0.25, 0.3) is 11.5 Å². The lowest BCUT2D eigenvalue weighted by Crippen LogP contribution is -2.49. The average Bonchev–Trinajstić information content (AvgIpc) is 2.60. The lowest BCUT2D eigenvalue weighted by atomic mass is 10.1. The van der Waals surface area contributed by atoms with Crippen molar-refractivity contribution in [3.63, 3.8) is 0 Å². The van der Waals surface area contributed by atoms with Crippen LogP contribution in [0, 0.1) is 0 Å². The van der Waals surface area contributed by atoms with Gasteiger partial charge in [-0.1, -0.05) is 29.3 Å². The maximum absolute atomic E-state index is 12.7. The fourth-order valence-corrected chi connectivity index (χ4v) is 3.90. The summed E-state index contributed by atoms with van der Waals surface area (Å²) in [5.41, 5.74) is 0.862. The molecule has 1 saturated heterocycles. The van der Waals surface area contributed by atoms with Crippen LogP contribution in [0.15, 0.2) is 33.7 Å². The van der Waals surface area contributed by atoms with Crippen LogP contribution in [0.1, 0.15) is 10.4 Å². The number of halogens is 3. The topological polar surface area (TPSA) is 58.4 Å². The van der Waals surface area contributed by atoms with E-state index in [-0.39, 0.29) is 11.5 Å². The summed E-state index contributed by atoms with van der Waals surface area (Å²) in [7, 11) is 1.60. The molecule has 2 heterocycles. The zero-order valence-corrected chi connectivity index (χ0v) is 16.5. The molecule has 0 spiro atoms. The minimum Gasteiger partial charge on any atom is -0.366 e. The van der Waals surface area contributed by atoms with Crippen molar-refractivity contribution in [1.82, 2.24) is 14.7 Å². The molecule has 6 nitrogen and oxygen atoms in total. The number of aryl methyl sites for hydroxylation is 1. The summed E-state index contributed by atoms with van der Waals surface area (Å²) >= 11 is 15.6. The van der Waals surface area contributed by atoms with Crippen LogP contribution in [0.3, 0.4) is 0 Å². The molecule has 132 valence electrons. The second kappa shape index (κ2) is 7.35. The largest absolute Gasteiger partial charge is 0.366 e. The average molecular weight is 446 g/mol. The molecule has 0 atom stereocenters. The van der Waals surface area contributed by atoms with Crippen molar-refractivity contribution >= 4 is 50.7 Å². The molecule has 9 heteroatoms. The number of benzene rings is 1. The van der Waals surface area contributed by atoms with Crippen LogP contribution < -0.4 is 10.5 Å². The lowest BCUT2D eigenvalue weighted by Gasteiger charge is -2.36. The molecule has 0 radical (unpaired) electrons. The number of piperazine rings is 1. The number of hydrogen-bond acceptors (Lipinski definition) is 4. The van der Waals surface area contributed by atoms with Gasteiger partial charge in [-0.2, -0.15) is 5.10 Å². The Balaban J connectivity index is 1.75. The van der Waals surface area contributed by atoms with E-state index in [4.69, 9.17) is 23.2 Å². The Labute approximate surface area is 163 Å². The van der Waals surface area contributed by atoms with Crippen LogP contribution in [-0.4, -0.2) is 46.8 Å². The van der Waals surface area contributed by atoms with Crippen LogP contribution in [0.5, 0.6) is 0 Å². The molecule has 25 heavy (non-hydrogen) atoms. The highest BCUT2D eigenvalue weighted by Crippen LogP contribution is 2.27. The number of hydrogen-bond donors (Lipinski definition) is 0. The van der Waals surface area contributed by atoms with E-state index in [1.54, 1.807) is 36.3 Å². The van der Waals surface area contributed by atoms with Gasteiger partial charge in [-0.25, -0.2) is 4.68 Å². The van der Waals surface area contributed by atoms with E-state index < -0.39 is 0 Å². The lowest BCUT2D eigenvalue weighted by molar-refractivity contribution is 0.0747. The number of nitrogens with zero attached hydrogens (tertiary/aromatic N) is 4. The van der Waals surface area contributed by atoms with Crippen LogP contribution in [0.2, 0.25) is 10.0 Å². The summed E-state index contributed by atoms with van der Waals surface area (Å²) < 4.78 is 1.74.